The van der Waals surface area contributed by atoms with E-state index in [4.69, 9.17) is 18.9 Å². The van der Waals surface area contributed by atoms with Crippen molar-refractivity contribution in [3.63, 3.8) is 0 Å². The van der Waals surface area contributed by atoms with Crippen molar-refractivity contribution in [3.8, 4) is 23.0 Å². The number of pyridine rings is 1. The normalized spacial score (nSPS) is 16.8. The number of likely N-dealkylation sites (N-methyl/N-ethyl adjacent to an activating group) is 1. The van der Waals surface area contributed by atoms with E-state index >= 15 is 0 Å². The first-order valence-electron chi connectivity index (χ1n) is 13.1. The van der Waals surface area contributed by atoms with Gasteiger partial charge in [0, 0.05) is 47.3 Å². The molecule has 0 radical (unpaired) electrons. The molecule has 2 N–H and O–H groups in total. The Morgan fingerprint density at radius 1 is 1.20 bits per heavy atom. The highest BCUT2D eigenvalue weighted by Gasteiger charge is 2.34. The summed E-state index contributed by atoms with van der Waals surface area (Å²) in [5, 5.41) is 6.84. The van der Waals surface area contributed by atoms with Gasteiger partial charge in [-0.2, -0.15) is 0 Å². The lowest BCUT2D eigenvalue weighted by molar-refractivity contribution is -0.127. The monoisotopic (exact) mass is 566 g/mol. The standard InChI is InChI=1S/C29H34N4O6S/c1-16-10-25(20-12-19(36-4)6-7-21(20)31-16)40-14-22(32-17(2)34)29(35)30-13-23-26-18(8-9-33(23)3)11-24-27(28(26)37-5)39-15-38-24/h6-7,10-12,22-23H,8-9,13-15H2,1-5H3,(H,30,35)(H,32,34). The third-order valence-corrected chi connectivity index (χ3v) is 8.37. The van der Waals surface area contributed by atoms with Crippen LogP contribution in [0.1, 0.15) is 29.8 Å². The van der Waals surface area contributed by atoms with Gasteiger partial charge in [-0.25, -0.2) is 0 Å². The van der Waals surface area contributed by atoms with Crippen LogP contribution in [0.25, 0.3) is 10.9 Å². The molecule has 2 amide bonds. The lowest BCUT2D eigenvalue weighted by Crippen LogP contribution is -2.50. The number of nitrogens with one attached hydrogen (secondary N) is 2. The van der Waals surface area contributed by atoms with E-state index in [0.29, 0.717) is 29.5 Å². The molecule has 212 valence electrons. The molecular weight excluding hydrogens is 532 g/mol. The second-order valence-electron chi connectivity index (χ2n) is 9.92. The van der Waals surface area contributed by atoms with Gasteiger partial charge in [0.1, 0.15) is 11.8 Å². The third-order valence-electron chi connectivity index (χ3n) is 7.22. The van der Waals surface area contributed by atoms with Crippen molar-refractivity contribution in [2.24, 2.45) is 0 Å². The first-order chi connectivity index (χ1) is 19.3. The van der Waals surface area contributed by atoms with Gasteiger partial charge in [-0.15, -0.1) is 11.8 Å². The van der Waals surface area contributed by atoms with E-state index in [9.17, 15) is 9.59 Å². The van der Waals surface area contributed by atoms with Crippen LogP contribution in [0.3, 0.4) is 0 Å². The van der Waals surface area contributed by atoms with E-state index in [2.05, 4.69) is 20.5 Å². The van der Waals surface area contributed by atoms with Gasteiger partial charge in [0.05, 0.1) is 25.8 Å². The molecule has 0 spiro atoms. The van der Waals surface area contributed by atoms with Crippen molar-refractivity contribution in [1.29, 1.82) is 0 Å². The van der Waals surface area contributed by atoms with E-state index in [1.807, 2.05) is 44.3 Å². The zero-order valence-electron chi connectivity index (χ0n) is 23.3. The number of ether oxygens (including phenoxy) is 4. The highest BCUT2D eigenvalue weighted by molar-refractivity contribution is 7.99. The maximum absolute atomic E-state index is 13.5. The molecule has 0 saturated carbocycles. The molecule has 5 rings (SSSR count). The van der Waals surface area contributed by atoms with Gasteiger partial charge in [0.15, 0.2) is 11.5 Å². The Hall–Kier alpha value is -3.70. The van der Waals surface area contributed by atoms with Gasteiger partial charge >= 0.3 is 0 Å². The van der Waals surface area contributed by atoms with Crippen molar-refractivity contribution < 1.29 is 28.5 Å². The molecule has 0 fully saturated rings. The summed E-state index contributed by atoms with van der Waals surface area (Å²) in [6.45, 7) is 4.67. The minimum absolute atomic E-state index is 0.137. The molecule has 0 aliphatic carbocycles. The first kappa shape index (κ1) is 27.9. The lowest BCUT2D eigenvalue weighted by atomic mass is 9.91. The molecule has 2 unspecified atom stereocenters. The van der Waals surface area contributed by atoms with E-state index < -0.39 is 6.04 Å². The number of aromatic nitrogens is 1. The molecule has 40 heavy (non-hydrogen) atoms. The molecule has 10 nitrogen and oxygen atoms in total. The van der Waals surface area contributed by atoms with Crippen molar-refractivity contribution in [2.45, 2.75) is 37.2 Å². The zero-order chi connectivity index (χ0) is 28.4. The van der Waals surface area contributed by atoms with E-state index in [1.165, 1.54) is 18.7 Å². The van der Waals surface area contributed by atoms with Crippen LogP contribution >= 0.6 is 11.8 Å². The minimum atomic E-state index is -0.733. The molecular formula is C29H34N4O6S. The maximum Gasteiger partial charge on any atom is 0.243 e. The van der Waals surface area contributed by atoms with Crippen LogP contribution in [0.2, 0.25) is 0 Å². The lowest BCUT2D eigenvalue weighted by Gasteiger charge is -2.36. The Kier molecular flexibility index (Phi) is 8.22. The molecule has 2 atom stereocenters. The summed E-state index contributed by atoms with van der Waals surface area (Å²) in [7, 11) is 5.26. The summed E-state index contributed by atoms with van der Waals surface area (Å²) in [6, 6.07) is 8.86. The molecule has 3 aromatic rings. The second-order valence-corrected chi connectivity index (χ2v) is 11.0. The number of thioether (sulfide) groups is 1. The fourth-order valence-electron chi connectivity index (χ4n) is 5.25. The number of amides is 2. The van der Waals surface area contributed by atoms with Crippen LogP contribution in [-0.4, -0.2) is 74.6 Å². The number of aryl methyl sites for hydroxylation is 1. The summed E-state index contributed by atoms with van der Waals surface area (Å²) < 4.78 is 22.5. The number of nitrogens with zero attached hydrogens (tertiary/aromatic N) is 2. The number of fused-ring (bicyclic) bond motifs is 3. The fraction of sp³-hybridized carbons (Fsp3) is 0.414. The van der Waals surface area contributed by atoms with Crippen LogP contribution in [0.5, 0.6) is 23.0 Å². The zero-order valence-corrected chi connectivity index (χ0v) is 24.1. The number of methoxy groups -OCH3 is 2. The number of carbonyl (C=O) groups is 2. The van der Waals surface area contributed by atoms with Crippen LogP contribution in [0.15, 0.2) is 35.2 Å². The largest absolute Gasteiger partial charge is 0.497 e. The summed E-state index contributed by atoms with van der Waals surface area (Å²) in [4.78, 5) is 33.3. The van der Waals surface area contributed by atoms with Crippen molar-refractivity contribution in [1.82, 2.24) is 20.5 Å². The quantitative estimate of drug-likeness (QED) is 0.377. The summed E-state index contributed by atoms with van der Waals surface area (Å²) in [5.74, 6) is 2.47. The number of hydrogen-bond donors (Lipinski definition) is 2. The molecule has 0 saturated heterocycles. The molecule has 2 aliphatic heterocycles. The molecule has 2 aromatic carbocycles. The van der Waals surface area contributed by atoms with Gasteiger partial charge in [-0.1, -0.05) is 0 Å². The summed E-state index contributed by atoms with van der Waals surface area (Å²) >= 11 is 1.50. The topological polar surface area (TPSA) is 111 Å². The Bertz CT molecular complexity index is 1450. The molecule has 11 heteroatoms. The van der Waals surface area contributed by atoms with Gasteiger partial charge in [0.2, 0.25) is 24.4 Å². The smallest absolute Gasteiger partial charge is 0.243 e. The van der Waals surface area contributed by atoms with Crippen LogP contribution in [-0.2, 0) is 16.0 Å². The number of benzene rings is 2. The highest BCUT2D eigenvalue weighted by Crippen LogP contribution is 2.49. The molecule has 1 aromatic heterocycles. The Morgan fingerprint density at radius 3 is 2.77 bits per heavy atom. The Labute approximate surface area is 237 Å². The Morgan fingerprint density at radius 2 is 2.02 bits per heavy atom. The number of hydrogen-bond acceptors (Lipinski definition) is 9. The van der Waals surface area contributed by atoms with E-state index in [1.54, 1.807) is 14.2 Å². The first-order valence-corrected chi connectivity index (χ1v) is 14.1. The van der Waals surface area contributed by atoms with E-state index in [0.717, 1.165) is 51.3 Å². The number of carbonyl (C=O) groups excluding carboxylic acids is 2. The predicted molar refractivity (Wildman–Crippen MR) is 153 cm³/mol. The van der Waals surface area contributed by atoms with Crippen molar-refractivity contribution >= 4 is 34.5 Å². The molecule has 3 heterocycles. The third kappa shape index (κ3) is 5.62. The van der Waals surface area contributed by atoms with Gasteiger partial charge in [-0.05, 0) is 56.3 Å². The molecule has 0 bridgehead atoms. The summed E-state index contributed by atoms with van der Waals surface area (Å²) in [6.07, 6.45) is 0.832. The van der Waals surface area contributed by atoms with Crippen LogP contribution in [0, 0.1) is 6.92 Å². The SMILES string of the molecule is COc1ccc2nc(C)cc(SCC(NC(C)=O)C(=O)NCC3c4c(cc5c(c4OC)OCO5)CCN3C)c2c1. The van der Waals surface area contributed by atoms with Crippen molar-refractivity contribution in [2.75, 3.05) is 46.9 Å². The van der Waals surface area contributed by atoms with Crippen LogP contribution in [0.4, 0.5) is 0 Å². The van der Waals surface area contributed by atoms with Gasteiger partial charge in [-0.3, -0.25) is 19.5 Å². The van der Waals surface area contributed by atoms with Crippen molar-refractivity contribution in [3.05, 3.63) is 47.2 Å². The fourth-order valence-corrected chi connectivity index (χ4v) is 6.40. The predicted octanol–water partition coefficient (Wildman–Crippen LogP) is 3.23. The van der Waals surface area contributed by atoms with Gasteiger partial charge < -0.3 is 29.6 Å². The van der Waals surface area contributed by atoms with E-state index in [-0.39, 0.29) is 24.6 Å². The average Bonchev–Trinajstić information content (AvgIpc) is 3.41. The van der Waals surface area contributed by atoms with Crippen LogP contribution < -0.4 is 29.6 Å². The Balaban J connectivity index is 1.34. The minimum Gasteiger partial charge on any atom is -0.497 e. The number of rotatable bonds is 9. The maximum atomic E-state index is 13.5. The second kappa shape index (κ2) is 11.8. The highest BCUT2D eigenvalue weighted by atomic mass is 32.2. The van der Waals surface area contributed by atoms with Gasteiger partial charge in [0.25, 0.3) is 0 Å². The molecule has 2 aliphatic rings. The summed E-state index contributed by atoms with van der Waals surface area (Å²) in [5.41, 5.74) is 3.81. The average molecular weight is 567 g/mol.